The number of aromatic hydroxyl groups is 1. The molecule has 0 aromatic carbocycles. The molecular weight excluding hydrogens is 220 g/mol. The Hall–Kier alpha value is -1.62. The molecule has 0 aliphatic rings. The molecule has 0 aliphatic carbocycles. The Labute approximate surface area is 101 Å². The molecule has 0 saturated heterocycles. The van der Waals surface area contributed by atoms with Crippen LogP contribution in [0.2, 0.25) is 0 Å². The van der Waals surface area contributed by atoms with Gasteiger partial charge in [-0.25, -0.2) is 4.98 Å². The molecule has 1 aromatic rings. The molecule has 1 rings (SSSR count). The van der Waals surface area contributed by atoms with Crippen LogP contribution in [-0.2, 0) is 0 Å². The second kappa shape index (κ2) is 5.63. The largest absolute Gasteiger partial charge is 0.505 e. The van der Waals surface area contributed by atoms with E-state index in [0.717, 1.165) is 6.42 Å². The fourth-order valence-electron chi connectivity index (χ4n) is 1.55. The third kappa shape index (κ3) is 4.03. The summed E-state index contributed by atoms with van der Waals surface area (Å²) in [5, 5.41) is 21.9. The van der Waals surface area contributed by atoms with Crippen LogP contribution in [0.15, 0.2) is 18.3 Å². The van der Waals surface area contributed by atoms with Gasteiger partial charge in [0.2, 0.25) is 0 Å². The van der Waals surface area contributed by atoms with Crippen molar-refractivity contribution in [1.82, 2.24) is 10.3 Å². The average Bonchev–Trinajstić information content (AvgIpc) is 2.27. The Morgan fingerprint density at radius 2 is 2.29 bits per heavy atom. The monoisotopic (exact) mass is 238 g/mol. The number of nitrogens with zero attached hydrogens (tertiary/aromatic N) is 1. The summed E-state index contributed by atoms with van der Waals surface area (Å²) in [6.45, 7) is 3.76. The van der Waals surface area contributed by atoms with E-state index in [1.54, 1.807) is 13.0 Å². The lowest BCUT2D eigenvalue weighted by Crippen LogP contribution is -2.40. The zero-order valence-electron chi connectivity index (χ0n) is 10.1. The minimum absolute atomic E-state index is 0.0280. The van der Waals surface area contributed by atoms with Crippen LogP contribution in [0.5, 0.6) is 5.75 Å². The van der Waals surface area contributed by atoms with Gasteiger partial charge in [-0.1, -0.05) is 13.3 Å². The number of hydrogen-bond acceptors (Lipinski definition) is 4. The van der Waals surface area contributed by atoms with Crippen molar-refractivity contribution in [1.29, 1.82) is 0 Å². The van der Waals surface area contributed by atoms with E-state index < -0.39 is 11.5 Å². The third-order valence-electron chi connectivity index (χ3n) is 2.42. The zero-order chi connectivity index (χ0) is 12.9. The number of carbonyl (C=O) groups is 1. The number of nitrogens with one attached hydrogen (secondary N) is 1. The fraction of sp³-hybridized carbons (Fsp3) is 0.500. The molecular formula is C12H18N2O3. The van der Waals surface area contributed by atoms with Gasteiger partial charge in [0.15, 0.2) is 5.69 Å². The predicted octanol–water partition coefficient (Wildman–Crippen LogP) is 1.07. The van der Waals surface area contributed by atoms with Gasteiger partial charge in [-0.15, -0.1) is 0 Å². The molecule has 0 aliphatic heterocycles. The van der Waals surface area contributed by atoms with Crippen LogP contribution < -0.4 is 5.32 Å². The van der Waals surface area contributed by atoms with Gasteiger partial charge in [-0.05, 0) is 25.5 Å². The van der Waals surface area contributed by atoms with Crippen molar-refractivity contribution in [2.75, 3.05) is 6.54 Å². The summed E-state index contributed by atoms with van der Waals surface area (Å²) in [6, 6.07) is 2.94. The summed E-state index contributed by atoms with van der Waals surface area (Å²) in [7, 11) is 0. The van der Waals surface area contributed by atoms with E-state index in [1.165, 1.54) is 12.3 Å². The summed E-state index contributed by atoms with van der Waals surface area (Å²) in [6.07, 6.45) is 2.86. The maximum atomic E-state index is 11.7. The maximum absolute atomic E-state index is 11.7. The van der Waals surface area contributed by atoms with Gasteiger partial charge in [0.1, 0.15) is 5.75 Å². The van der Waals surface area contributed by atoms with E-state index in [9.17, 15) is 15.0 Å². The molecule has 94 valence electrons. The minimum Gasteiger partial charge on any atom is -0.505 e. The van der Waals surface area contributed by atoms with Crippen molar-refractivity contribution in [3.8, 4) is 5.75 Å². The number of carbonyl (C=O) groups excluding carboxylic acids is 1. The summed E-state index contributed by atoms with van der Waals surface area (Å²) in [5.41, 5.74) is -0.964. The van der Waals surface area contributed by atoms with Crippen molar-refractivity contribution < 1.29 is 15.0 Å². The van der Waals surface area contributed by atoms with Gasteiger partial charge in [-0.2, -0.15) is 0 Å². The number of amides is 1. The first kappa shape index (κ1) is 13.4. The molecule has 5 heteroatoms. The van der Waals surface area contributed by atoms with E-state index in [1.807, 2.05) is 6.92 Å². The smallest absolute Gasteiger partial charge is 0.273 e. The number of aromatic nitrogens is 1. The number of rotatable bonds is 5. The minimum atomic E-state index is -0.936. The highest BCUT2D eigenvalue weighted by molar-refractivity contribution is 5.94. The topological polar surface area (TPSA) is 82.5 Å². The van der Waals surface area contributed by atoms with Crippen LogP contribution >= 0.6 is 0 Å². The van der Waals surface area contributed by atoms with Crippen LogP contribution in [0.1, 0.15) is 37.2 Å². The molecule has 5 nitrogen and oxygen atoms in total. The normalized spacial score (nSPS) is 14.1. The Morgan fingerprint density at radius 1 is 1.59 bits per heavy atom. The van der Waals surface area contributed by atoms with Crippen molar-refractivity contribution >= 4 is 5.91 Å². The second-order valence-corrected chi connectivity index (χ2v) is 4.30. The zero-order valence-corrected chi connectivity index (χ0v) is 10.1. The van der Waals surface area contributed by atoms with E-state index in [-0.39, 0.29) is 18.0 Å². The summed E-state index contributed by atoms with van der Waals surface area (Å²) in [5.74, 6) is -0.653. The SMILES string of the molecule is CCCC(C)(O)CNC(=O)c1ncccc1O. The molecule has 0 fully saturated rings. The van der Waals surface area contributed by atoms with E-state index >= 15 is 0 Å². The van der Waals surface area contributed by atoms with E-state index in [4.69, 9.17) is 0 Å². The fourth-order valence-corrected chi connectivity index (χ4v) is 1.55. The van der Waals surface area contributed by atoms with Crippen molar-refractivity contribution in [2.24, 2.45) is 0 Å². The van der Waals surface area contributed by atoms with Gasteiger partial charge in [-0.3, -0.25) is 4.79 Å². The lowest BCUT2D eigenvalue weighted by molar-refractivity contribution is 0.0467. The molecule has 3 N–H and O–H groups in total. The van der Waals surface area contributed by atoms with Crippen molar-refractivity contribution in [2.45, 2.75) is 32.3 Å². The molecule has 1 unspecified atom stereocenters. The Balaban J connectivity index is 2.59. The second-order valence-electron chi connectivity index (χ2n) is 4.30. The van der Waals surface area contributed by atoms with Gasteiger partial charge in [0, 0.05) is 12.7 Å². The van der Waals surface area contributed by atoms with Crippen LogP contribution in [0, 0.1) is 0 Å². The molecule has 0 saturated carbocycles. The first-order valence-electron chi connectivity index (χ1n) is 5.61. The van der Waals surface area contributed by atoms with Gasteiger partial charge < -0.3 is 15.5 Å². The summed E-state index contributed by atoms with van der Waals surface area (Å²) < 4.78 is 0. The van der Waals surface area contributed by atoms with Gasteiger partial charge >= 0.3 is 0 Å². The molecule has 1 amide bonds. The average molecular weight is 238 g/mol. The molecule has 17 heavy (non-hydrogen) atoms. The first-order valence-corrected chi connectivity index (χ1v) is 5.61. The van der Waals surface area contributed by atoms with Crippen LogP contribution in [0.25, 0.3) is 0 Å². The molecule has 1 atom stereocenters. The summed E-state index contributed by atoms with van der Waals surface area (Å²) >= 11 is 0. The van der Waals surface area contributed by atoms with Gasteiger partial charge in [0.25, 0.3) is 5.91 Å². The quantitative estimate of drug-likeness (QED) is 0.716. The first-order chi connectivity index (χ1) is 7.96. The third-order valence-corrected chi connectivity index (χ3v) is 2.42. The highest BCUT2D eigenvalue weighted by atomic mass is 16.3. The van der Waals surface area contributed by atoms with Crippen LogP contribution in [-0.4, -0.2) is 33.3 Å². The standard InChI is InChI=1S/C12H18N2O3/c1-3-6-12(2,17)8-14-11(16)10-9(15)5-4-7-13-10/h4-5,7,15,17H,3,6,8H2,1-2H3,(H,14,16). The number of hydrogen-bond donors (Lipinski definition) is 3. The molecule has 1 heterocycles. The maximum Gasteiger partial charge on any atom is 0.273 e. The Kier molecular flexibility index (Phi) is 4.45. The predicted molar refractivity (Wildman–Crippen MR) is 63.8 cm³/mol. The Bertz CT molecular complexity index is 391. The van der Waals surface area contributed by atoms with E-state index in [0.29, 0.717) is 6.42 Å². The van der Waals surface area contributed by atoms with Crippen molar-refractivity contribution in [3.05, 3.63) is 24.0 Å². The molecule has 0 spiro atoms. The molecule has 1 aromatic heterocycles. The lowest BCUT2D eigenvalue weighted by Gasteiger charge is -2.22. The molecule has 0 radical (unpaired) electrons. The highest BCUT2D eigenvalue weighted by Gasteiger charge is 2.21. The number of aliphatic hydroxyl groups is 1. The number of pyridine rings is 1. The molecule has 0 bridgehead atoms. The van der Waals surface area contributed by atoms with Crippen LogP contribution in [0.4, 0.5) is 0 Å². The lowest BCUT2D eigenvalue weighted by atomic mass is 10.0. The van der Waals surface area contributed by atoms with Crippen LogP contribution in [0.3, 0.4) is 0 Å². The van der Waals surface area contributed by atoms with Crippen molar-refractivity contribution in [3.63, 3.8) is 0 Å². The Morgan fingerprint density at radius 3 is 2.88 bits per heavy atom. The highest BCUT2D eigenvalue weighted by Crippen LogP contribution is 2.13. The van der Waals surface area contributed by atoms with E-state index in [2.05, 4.69) is 10.3 Å². The van der Waals surface area contributed by atoms with Gasteiger partial charge in [0.05, 0.1) is 5.60 Å². The summed E-state index contributed by atoms with van der Waals surface area (Å²) in [4.78, 5) is 15.5.